The van der Waals surface area contributed by atoms with Crippen LogP contribution in [0.25, 0.3) is 22.0 Å². The van der Waals surface area contributed by atoms with E-state index < -0.39 is 22.2 Å². The number of hydrogen-bond donors (Lipinski definition) is 3. The number of nitrogens with zero attached hydrogens (tertiary/aromatic N) is 3. The number of alkyl halides is 3. The van der Waals surface area contributed by atoms with Crippen molar-refractivity contribution in [1.29, 1.82) is 0 Å². The average Bonchev–Trinajstić information content (AvgIpc) is 2.80. The van der Waals surface area contributed by atoms with E-state index in [2.05, 4.69) is 14.9 Å². The molecule has 0 unspecified atom stereocenters. The normalized spacial score (nSPS) is 15.4. The van der Waals surface area contributed by atoms with Gasteiger partial charge in [0.1, 0.15) is 11.3 Å². The van der Waals surface area contributed by atoms with E-state index in [-0.39, 0.29) is 27.1 Å². The van der Waals surface area contributed by atoms with E-state index >= 15 is 0 Å². The van der Waals surface area contributed by atoms with Gasteiger partial charge in [-0.25, -0.2) is 18.2 Å². The minimum Gasteiger partial charge on any atom is -0.506 e. The van der Waals surface area contributed by atoms with Gasteiger partial charge in [-0.05, 0) is 42.4 Å². The molecule has 0 spiro atoms. The van der Waals surface area contributed by atoms with E-state index in [4.69, 9.17) is 9.90 Å². The van der Waals surface area contributed by atoms with Crippen molar-refractivity contribution in [1.82, 2.24) is 19.2 Å². The van der Waals surface area contributed by atoms with Crippen LogP contribution in [0.5, 0.6) is 5.75 Å². The number of nitrogens with one attached hydrogen (secondary N) is 1. The molecule has 0 bridgehead atoms. The second-order valence-electron chi connectivity index (χ2n) is 7.66. The quantitative estimate of drug-likeness (QED) is 0.481. The Morgan fingerprint density at radius 2 is 1.71 bits per heavy atom. The lowest BCUT2D eigenvalue weighted by atomic mass is 10.0. The predicted octanol–water partition coefficient (Wildman–Crippen LogP) is 1.87. The molecule has 0 aliphatic carbocycles. The molecule has 1 aliphatic heterocycles. The molecule has 3 N–H and O–H groups in total. The third-order valence-electron chi connectivity index (χ3n) is 5.23. The summed E-state index contributed by atoms with van der Waals surface area (Å²) in [4.78, 5) is 29.7. The highest BCUT2D eigenvalue weighted by atomic mass is 32.2. The van der Waals surface area contributed by atoms with Gasteiger partial charge >= 0.3 is 12.1 Å². The minimum absolute atomic E-state index is 0.133. The molecule has 0 amide bonds. The summed E-state index contributed by atoms with van der Waals surface area (Å²) in [7, 11) is -1.65. The number of phenolic OH excluding ortho intramolecular Hbond substituents is 1. The van der Waals surface area contributed by atoms with Gasteiger partial charge in [-0.3, -0.25) is 4.79 Å². The van der Waals surface area contributed by atoms with E-state index in [1.807, 2.05) is 7.05 Å². The van der Waals surface area contributed by atoms with E-state index in [1.165, 1.54) is 16.7 Å². The van der Waals surface area contributed by atoms with Gasteiger partial charge in [-0.15, -0.1) is 0 Å². The third-order valence-corrected chi connectivity index (χ3v) is 7.13. The Hall–Kier alpha value is -3.49. The van der Waals surface area contributed by atoms with Crippen molar-refractivity contribution in [3.8, 4) is 16.9 Å². The second-order valence-corrected chi connectivity index (χ2v) is 9.60. The summed E-state index contributed by atoms with van der Waals surface area (Å²) in [6.45, 7) is 2.27. The fraction of sp³-hybridized carbons (Fsp3) is 0.286. The number of aromatic hydroxyl groups is 1. The maximum atomic E-state index is 13.0. The number of hydrogen-bond acceptors (Lipinski definition) is 7. The number of benzene rings is 2. The first-order chi connectivity index (χ1) is 16.3. The molecular formula is C21H21F3N4O6S. The maximum absolute atomic E-state index is 13.0. The Labute approximate surface area is 197 Å². The van der Waals surface area contributed by atoms with Crippen LogP contribution in [0.15, 0.2) is 52.4 Å². The monoisotopic (exact) mass is 514 g/mol. The number of H-pyrrole nitrogens is 1. The fourth-order valence-corrected chi connectivity index (χ4v) is 4.81. The number of carbonyl (C=O) groups is 1. The molecule has 4 rings (SSSR count). The van der Waals surface area contributed by atoms with Crippen molar-refractivity contribution in [2.75, 3.05) is 33.2 Å². The molecule has 1 fully saturated rings. The highest BCUT2D eigenvalue weighted by Crippen LogP contribution is 2.30. The van der Waals surface area contributed by atoms with Crippen LogP contribution in [-0.2, 0) is 14.8 Å². The Kier molecular flexibility index (Phi) is 7.47. The number of carboxylic acid groups (broad SMARTS) is 1. The number of piperazine rings is 1. The number of halogens is 3. The van der Waals surface area contributed by atoms with Gasteiger partial charge < -0.3 is 20.1 Å². The molecule has 188 valence electrons. The van der Waals surface area contributed by atoms with Crippen LogP contribution in [0.3, 0.4) is 0 Å². The van der Waals surface area contributed by atoms with Gasteiger partial charge in [0.15, 0.2) is 0 Å². The number of phenols is 1. The van der Waals surface area contributed by atoms with Crippen molar-refractivity contribution < 1.29 is 36.6 Å². The summed E-state index contributed by atoms with van der Waals surface area (Å²) in [5.74, 6) is -2.89. The smallest absolute Gasteiger partial charge is 0.490 e. The number of rotatable bonds is 3. The molecule has 1 aliphatic rings. The van der Waals surface area contributed by atoms with Crippen molar-refractivity contribution in [2.24, 2.45) is 0 Å². The third kappa shape index (κ3) is 5.96. The molecule has 0 atom stereocenters. The Morgan fingerprint density at radius 3 is 2.31 bits per heavy atom. The summed E-state index contributed by atoms with van der Waals surface area (Å²) >= 11 is 0. The standard InChI is InChI=1S/C19H20N4O4S.C2HF3O2/c1-22-5-7-23(8-6-22)28(26,27)15-4-2-3-13(9-15)14-10-16-18(17(24)11-14)20-12-21-19(16)25;3-2(4,5)1(6)7/h2-4,9-12,24H,5-8H2,1H3,(H,20,21,25);(H,6,7). The first-order valence-electron chi connectivity index (χ1n) is 10.1. The summed E-state index contributed by atoms with van der Waals surface area (Å²) < 4.78 is 59.2. The van der Waals surface area contributed by atoms with E-state index in [0.29, 0.717) is 37.3 Å². The maximum Gasteiger partial charge on any atom is 0.490 e. The number of aliphatic carboxylic acids is 1. The van der Waals surface area contributed by atoms with Gasteiger partial charge in [0.2, 0.25) is 10.0 Å². The fourth-order valence-electron chi connectivity index (χ4n) is 3.34. The van der Waals surface area contributed by atoms with Crippen LogP contribution in [0.2, 0.25) is 0 Å². The highest BCUT2D eigenvalue weighted by molar-refractivity contribution is 7.89. The Morgan fingerprint density at radius 1 is 1.09 bits per heavy atom. The van der Waals surface area contributed by atoms with Gasteiger partial charge in [-0.2, -0.15) is 17.5 Å². The molecule has 0 saturated carbocycles. The largest absolute Gasteiger partial charge is 0.506 e. The van der Waals surface area contributed by atoms with Gasteiger partial charge in [0, 0.05) is 26.2 Å². The number of sulfonamides is 1. The molecule has 14 heteroatoms. The summed E-state index contributed by atoms with van der Waals surface area (Å²) in [6, 6.07) is 9.62. The molecule has 2 aromatic carbocycles. The zero-order valence-electron chi connectivity index (χ0n) is 18.3. The molecule has 1 aromatic heterocycles. The zero-order valence-corrected chi connectivity index (χ0v) is 19.1. The van der Waals surface area contributed by atoms with Crippen LogP contribution in [0.4, 0.5) is 13.2 Å². The topological polar surface area (TPSA) is 144 Å². The molecule has 3 aromatic rings. The SMILES string of the molecule is CN1CCN(S(=O)(=O)c2cccc(-c3cc(O)c4nc[nH]c(=O)c4c3)c2)CC1.O=C(O)C(F)(F)F. The van der Waals surface area contributed by atoms with Crippen LogP contribution in [-0.4, -0.2) is 83.2 Å². The first kappa shape index (κ1) is 26.1. The lowest BCUT2D eigenvalue weighted by Gasteiger charge is -2.31. The second kappa shape index (κ2) is 10.0. The van der Waals surface area contributed by atoms with Gasteiger partial charge in [-0.1, -0.05) is 12.1 Å². The van der Waals surface area contributed by atoms with E-state index in [1.54, 1.807) is 30.3 Å². The molecule has 35 heavy (non-hydrogen) atoms. The van der Waals surface area contributed by atoms with E-state index in [0.717, 1.165) is 0 Å². The van der Waals surface area contributed by atoms with Crippen LogP contribution in [0.1, 0.15) is 0 Å². The predicted molar refractivity (Wildman–Crippen MR) is 119 cm³/mol. The summed E-state index contributed by atoms with van der Waals surface area (Å²) in [5, 5.41) is 17.6. The van der Waals surface area contributed by atoms with Crippen LogP contribution in [0, 0.1) is 0 Å². The van der Waals surface area contributed by atoms with Crippen molar-refractivity contribution in [3.05, 3.63) is 53.1 Å². The lowest BCUT2D eigenvalue weighted by Crippen LogP contribution is -2.47. The Balaban J connectivity index is 0.000000429. The zero-order chi connectivity index (χ0) is 26.0. The van der Waals surface area contributed by atoms with Crippen molar-refractivity contribution in [3.63, 3.8) is 0 Å². The van der Waals surface area contributed by atoms with Crippen molar-refractivity contribution in [2.45, 2.75) is 11.1 Å². The highest BCUT2D eigenvalue weighted by Gasteiger charge is 2.38. The number of carboxylic acids is 1. The number of aromatic amines is 1. The Bertz CT molecular complexity index is 1400. The van der Waals surface area contributed by atoms with E-state index in [9.17, 15) is 31.5 Å². The molecular weight excluding hydrogens is 493 g/mol. The molecule has 0 radical (unpaired) electrons. The van der Waals surface area contributed by atoms with Crippen LogP contribution < -0.4 is 5.56 Å². The van der Waals surface area contributed by atoms with Crippen molar-refractivity contribution >= 4 is 26.9 Å². The molecule has 2 heterocycles. The lowest BCUT2D eigenvalue weighted by molar-refractivity contribution is -0.192. The summed E-state index contributed by atoms with van der Waals surface area (Å²) in [5.41, 5.74) is 0.964. The first-order valence-corrected chi connectivity index (χ1v) is 11.5. The van der Waals surface area contributed by atoms with Crippen LogP contribution >= 0.6 is 0 Å². The summed E-state index contributed by atoms with van der Waals surface area (Å²) in [6.07, 6.45) is -3.85. The number of aromatic nitrogens is 2. The minimum atomic E-state index is -5.08. The average molecular weight is 514 g/mol. The molecule has 1 saturated heterocycles. The molecule has 10 nitrogen and oxygen atoms in total. The van der Waals surface area contributed by atoms with Gasteiger partial charge in [0.05, 0.1) is 16.6 Å². The van der Waals surface area contributed by atoms with Gasteiger partial charge in [0.25, 0.3) is 5.56 Å². The number of likely N-dealkylation sites (N-methyl/N-ethyl adjacent to an activating group) is 1. The number of fused-ring (bicyclic) bond motifs is 1.